The van der Waals surface area contributed by atoms with E-state index in [-0.39, 0.29) is 6.79 Å². The Morgan fingerprint density at radius 2 is 1.07 bits per heavy atom. The van der Waals surface area contributed by atoms with Crippen LogP contribution in [0.2, 0.25) is 0 Å². The fourth-order valence-corrected chi connectivity index (χ4v) is 2.92. The van der Waals surface area contributed by atoms with Crippen LogP contribution in [0.3, 0.4) is 0 Å². The minimum absolute atomic E-state index is 0.221. The molecule has 0 N–H and O–H groups in total. The molecule has 0 saturated carbocycles. The summed E-state index contributed by atoms with van der Waals surface area (Å²) in [5.41, 5.74) is 0. The van der Waals surface area contributed by atoms with Crippen molar-refractivity contribution in [3.8, 4) is 0 Å². The fraction of sp³-hybridized carbons (Fsp3) is 0.917. The van der Waals surface area contributed by atoms with Crippen LogP contribution in [-0.4, -0.2) is 26.6 Å². The minimum Gasteiger partial charge on any atom is -0.491 e. The first-order valence-corrected chi connectivity index (χ1v) is 12.0. The summed E-state index contributed by atoms with van der Waals surface area (Å²) in [5, 5.41) is 0. The van der Waals surface area contributed by atoms with Gasteiger partial charge in [-0.25, -0.2) is 0 Å². The van der Waals surface area contributed by atoms with Gasteiger partial charge in [0.15, 0.2) is 12.6 Å². The molecule has 0 aromatic carbocycles. The zero-order chi connectivity index (χ0) is 20.7. The fourth-order valence-electron chi connectivity index (χ4n) is 2.92. The van der Waals surface area contributed by atoms with Crippen molar-refractivity contribution < 1.29 is 18.9 Å². The molecule has 0 aliphatic heterocycles. The standard InChI is InChI=1S/C24H48O4/c1-5-9-12-14-17-20-26-23(19-16-11-7-3)24(28-22-25-8-4)27-21-18-15-13-10-6-2/h5-22H2,1-4H3. The molecule has 0 atom stereocenters. The van der Waals surface area contributed by atoms with E-state index < -0.39 is 0 Å². The summed E-state index contributed by atoms with van der Waals surface area (Å²) in [6.45, 7) is 10.9. The Labute approximate surface area is 175 Å². The lowest BCUT2D eigenvalue weighted by Gasteiger charge is -2.18. The maximum Gasteiger partial charge on any atom is 0.321 e. The third-order valence-electron chi connectivity index (χ3n) is 4.72. The highest BCUT2D eigenvalue weighted by molar-refractivity contribution is 4.95. The predicted octanol–water partition coefficient (Wildman–Crippen LogP) is 7.72. The highest BCUT2D eigenvalue weighted by Gasteiger charge is 2.13. The van der Waals surface area contributed by atoms with Gasteiger partial charge >= 0.3 is 5.95 Å². The van der Waals surface area contributed by atoms with Crippen LogP contribution in [-0.2, 0) is 18.9 Å². The van der Waals surface area contributed by atoms with Gasteiger partial charge in [0.05, 0.1) is 13.2 Å². The Morgan fingerprint density at radius 3 is 1.64 bits per heavy atom. The number of rotatable bonds is 22. The van der Waals surface area contributed by atoms with Crippen LogP contribution in [0, 0.1) is 0 Å². The van der Waals surface area contributed by atoms with E-state index in [1.165, 1.54) is 64.2 Å². The quantitative estimate of drug-likeness (QED) is 0.106. The van der Waals surface area contributed by atoms with Gasteiger partial charge in [-0.2, -0.15) is 0 Å². The Morgan fingerprint density at radius 1 is 0.536 bits per heavy atom. The van der Waals surface area contributed by atoms with E-state index in [0.29, 0.717) is 19.2 Å². The number of unbranched alkanes of at least 4 members (excludes halogenated alkanes) is 10. The molecule has 0 heterocycles. The largest absolute Gasteiger partial charge is 0.491 e. The van der Waals surface area contributed by atoms with Crippen LogP contribution in [0.15, 0.2) is 11.7 Å². The molecule has 4 heteroatoms. The van der Waals surface area contributed by atoms with E-state index in [2.05, 4.69) is 20.8 Å². The Balaban J connectivity index is 4.65. The van der Waals surface area contributed by atoms with Gasteiger partial charge in [-0.1, -0.05) is 85.0 Å². The van der Waals surface area contributed by atoms with E-state index in [1.54, 1.807) is 0 Å². The lowest BCUT2D eigenvalue weighted by molar-refractivity contribution is -0.0811. The molecular weight excluding hydrogens is 352 g/mol. The van der Waals surface area contributed by atoms with Crippen molar-refractivity contribution in [3.63, 3.8) is 0 Å². The van der Waals surface area contributed by atoms with Crippen molar-refractivity contribution in [1.29, 1.82) is 0 Å². The summed E-state index contributed by atoms with van der Waals surface area (Å²) in [4.78, 5) is 0. The van der Waals surface area contributed by atoms with Gasteiger partial charge in [0.25, 0.3) is 0 Å². The topological polar surface area (TPSA) is 36.9 Å². The molecule has 0 saturated heterocycles. The average Bonchev–Trinajstić information content (AvgIpc) is 2.70. The molecule has 168 valence electrons. The van der Waals surface area contributed by atoms with Crippen LogP contribution in [0.1, 0.15) is 118 Å². The summed E-state index contributed by atoms with van der Waals surface area (Å²) >= 11 is 0. The molecule has 28 heavy (non-hydrogen) atoms. The van der Waals surface area contributed by atoms with Crippen molar-refractivity contribution in [1.82, 2.24) is 0 Å². The molecule has 0 aromatic heterocycles. The Bertz CT molecular complexity index is 309. The molecular formula is C24H48O4. The van der Waals surface area contributed by atoms with Gasteiger partial charge < -0.3 is 18.9 Å². The van der Waals surface area contributed by atoms with E-state index in [4.69, 9.17) is 18.9 Å². The summed E-state index contributed by atoms with van der Waals surface area (Å²) in [7, 11) is 0. The number of allylic oxidation sites excluding steroid dienone is 1. The van der Waals surface area contributed by atoms with Gasteiger partial charge in [0.2, 0.25) is 0 Å². The van der Waals surface area contributed by atoms with Crippen LogP contribution in [0.5, 0.6) is 0 Å². The maximum absolute atomic E-state index is 6.13. The Hall–Kier alpha value is -0.900. The molecule has 0 spiro atoms. The second-order valence-corrected chi connectivity index (χ2v) is 7.45. The third-order valence-corrected chi connectivity index (χ3v) is 4.72. The summed E-state index contributed by atoms with van der Waals surface area (Å²) in [5.74, 6) is 1.42. The second kappa shape index (κ2) is 22.4. The highest BCUT2D eigenvalue weighted by Crippen LogP contribution is 2.19. The van der Waals surface area contributed by atoms with Crippen molar-refractivity contribution in [2.45, 2.75) is 118 Å². The van der Waals surface area contributed by atoms with Crippen LogP contribution in [0.25, 0.3) is 0 Å². The molecule has 4 nitrogen and oxygen atoms in total. The molecule has 0 unspecified atom stereocenters. The van der Waals surface area contributed by atoms with Crippen molar-refractivity contribution in [3.05, 3.63) is 11.7 Å². The summed E-state index contributed by atoms with van der Waals surface area (Å²) in [6, 6.07) is 0. The van der Waals surface area contributed by atoms with Crippen LogP contribution < -0.4 is 0 Å². The molecule has 0 radical (unpaired) electrons. The maximum atomic E-state index is 6.13. The van der Waals surface area contributed by atoms with Crippen LogP contribution in [0.4, 0.5) is 0 Å². The molecule has 0 amide bonds. The lowest BCUT2D eigenvalue weighted by atomic mass is 10.1. The molecule has 0 aliphatic rings. The molecule has 0 aliphatic carbocycles. The highest BCUT2D eigenvalue weighted by atomic mass is 16.7. The van der Waals surface area contributed by atoms with Crippen molar-refractivity contribution >= 4 is 0 Å². The molecule has 0 aromatic rings. The van der Waals surface area contributed by atoms with Gasteiger partial charge in [0.1, 0.15) is 0 Å². The Kier molecular flexibility index (Phi) is 21.7. The zero-order valence-electron chi connectivity index (χ0n) is 19.4. The van der Waals surface area contributed by atoms with Crippen molar-refractivity contribution in [2.24, 2.45) is 0 Å². The van der Waals surface area contributed by atoms with E-state index in [0.717, 1.165) is 38.0 Å². The first-order valence-electron chi connectivity index (χ1n) is 12.0. The first kappa shape index (κ1) is 27.1. The number of ether oxygens (including phenoxy) is 4. The average molecular weight is 401 g/mol. The lowest BCUT2D eigenvalue weighted by Crippen LogP contribution is -2.10. The summed E-state index contributed by atoms with van der Waals surface area (Å²) in [6.07, 6.45) is 16.6. The monoisotopic (exact) mass is 400 g/mol. The molecule has 0 bridgehead atoms. The van der Waals surface area contributed by atoms with Gasteiger partial charge in [-0.3, -0.25) is 0 Å². The molecule has 0 fully saturated rings. The molecule has 0 rings (SSSR count). The minimum atomic E-state index is 0.221. The SMILES string of the molecule is CCCCCCCOC(CCCCC)=C(OCCCCCCC)OCOCC. The predicted molar refractivity (Wildman–Crippen MR) is 118 cm³/mol. The first-order chi connectivity index (χ1) is 13.8. The van der Waals surface area contributed by atoms with Crippen molar-refractivity contribution in [2.75, 3.05) is 26.6 Å². The second-order valence-electron chi connectivity index (χ2n) is 7.45. The van der Waals surface area contributed by atoms with Gasteiger partial charge in [-0.15, -0.1) is 0 Å². The van der Waals surface area contributed by atoms with E-state index >= 15 is 0 Å². The van der Waals surface area contributed by atoms with Gasteiger partial charge in [-0.05, 0) is 26.2 Å². The number of hydrogen-bond acceptors (Lipinski definition) is 4. The summed E-state index contributed by atoms with van der Waals surface area (Å²) < 4.78 is 23.3. The number of hydrogen-bond donors (Lipinski definition) is 0. The van der Waals surface area contributed by atoms with Gasteiger partial charge in [0, 0.05) is 13.0 Å². The normalized spacial score (nSPS) is 12.0. The third kappa shape index (κ3) is 17.2. The zero-order valence-corrected chi connectivity index (χ0v) is 19.4. The van der Waals surface area contributed by atoms with E-state index in [9.17, 15) is 0 Å². The van der Waals surface area contributed by atoms with Crippen LogP contribution >= 0.6 is 0 Å². The van der Waals surface area contributed by atoms with E-state index in [1.807, 2.05) is 6.92 Å². The smallest absolute Gasteiger partial charge is 0.321 e.